The van der Waals surface area contributed by atoms with Gasteiger partial charge in [-0.2, -0.15) is 0 Å². The van der Waals surface area contributed by atoms with Gasteiger partial charge in [-0.15, -0.1) is 0 Å². The van der Waals surface area contributed by atoms with Crippen molar-refractivity contribution < 1.29 is 9.18 Å². The highest BCUT2D eigenvalue weighted by molar-refractivity contribution is 9.10. The number of pyridine rings is 1. The molecule has 0 radical (unpaired) electrons. The number of hydrogen-bond donors (Lipinski definition) is 1. The van der Waals surface area contributed by atoms with E-state index in [1.54, 1.807) is 42.5 Å². The summed E-state index contributed by atoms with van der Waals surface area (Å²) in [6.07, 6.45) is 6.15. The molecule has 0 aliphatic rings. The van der Waals surface area contributed by atoms with Crippen molar-refractivity contribution >= 4 is 38.9 Å². The summed E-state index contributed by atoms with van der Waals surface area (Å²) >= 11 is 3.29. The van der Waals surface area contributed by atoms with Gasteiger partial charge in [-0.05, 0) is 30.3 Å². The number of nitrogens with zero attached hydrogens (tertiary/aromatic N) is 4. The topological polar surface area (TPSA) is 71.0 Å². The highest BCUT2D eigenvalue weighted by Crippen LogP contribution is 2.26. The fourth-order valence-corrected chi connectivity index (χ4v) is 2.51. The molecule has 126 valence electrons. The number of rotatable bonds is 4. The summed E-state index contributed by atoms with van der Waals surface area (Å²) in [5.41, 5.74) is 1.79. The van der Waals surface area contributed by atoms with Crippen LogP contribution in [-0.4, -0.2) is 27.9 Å². The summed E-state index contributed by atoms with van der Waals surface area (Å²) < 4.78 is 14.7. The maximum absolute atomic E-state index is 14.0. The molecule has 6 nitrogen and oxygen atoms in total. The van der Waals surface area contributed by atoms with E-state index in [-0.39, 0.29) is 5.69 Å². The fourth-order valence-electron chi connectivity index (χ4n) is 2.18. The summed E-state index contributed by atoms with van der Waals surface area (Å²) in [6, 6.07) is 7.57. The van der Waals surface area contributed by atoms with Crippen LogP contribution in [0, 0.1) is 5.82 Å². The Morgan fingerprint density at radius 1 is 1.16 bits per heavy atom. The van der Waals surface area contributed by atoms with Crippen molar-refractivity contribution in [1.29, 1.82) is 0 Å². The lowest BCUT2D eigenvalue weighted by Gasteiger charge is -2.19. The Balaban J connectivity index is 1.85. The van der Waals surface area contributed by atoms with E-state index in [4.69, 9.17) is 0 Å². The van der Waals surface area contributed by atoms with Crippen LogP contribution in [0.3, 0.4) is 0 Å². The number of anilines is 3. The van der Waals surface area contributed by atoms with Gasteiger partial charge in [0, 0.05) is 29.1 Å². The summed E-state index contributed by atoms with van der Waals surface area (Å²) in [5, 5.41) is 2.65. The third-order valence-electron chi connectivity index (χ3n) is 3.42. The maximum Gasteiger partial charge on any atom is 0.274 e. The van der Waals surface area contributed by atoms with E-state index in [0.29, 0.717) is 17.1 Å². The second kappa shape index (κ2) is 7.35. The summed E-state index contributed by atoms with van der Waals surface area (Å²) in [6.45, 7) is 0. The predicted octanol–water partition coefficient (Wildman–Crippen LogP) is 3.79. The van der Waals surface area contributed by atoms with Gasteiger partial charge in [0.25, 0.3) is 5.91 Å². The molecule has 1 amide bonds. The number of halogens is 2. The standard InChI is InChI=1S/C17H13BrFN5O/c1-24(15-8-20-10-21-9-15)14-6-12(19)5-13(7-14)23-17(25)16-4-11(18)2-3-22-16/h2-10H,1H3,(H,23,25). The lowest BCUT2D eigenvalue weighted by Crippen LogP contribution is -2.15. The summed E-state index contributed by atoms with van der Waals surface area (Å²) in [5.74, 6) is -0.901. The molecule has 25 heavy (non-hydrogen) atoms. The van der Waals surface area contributed by atoms with Crippen LogP contribution in [-0.2, 0) is 0 Å². The van der Waals surface area contributed by atoms with Gasteiger partial charge >= 0.3 is 0 Å². The Morgan fingerprint density at radius 3 is 2.64 bits per heavy atom. The lowest BCUT2D eigenvalue weighted by molar-refractivity contribution is 0.102. The maximum atomic E-state index is 14.0. The molecular formula is C17H13BrFN5O. The molecule has 8 heteroatoms. The molecule has 0 saturated heterocycles. The Bertz CT molecular complexity index is 907. The molecule has 3 aromatic rings. The second-order valence-electron chi connectivity index (χ2n) is 5.17. The first-order chi connectivity index (χ1) is 12.0. The number of aromatic nitrogens is 3. The van der Waals surface area contributed by atoms with Crippen LogP contribution < -0.4 is 10.2 Å². The van der Waals surface area contributed by atoms with Gasteiger partial charge in [-0.3, -0.25) is 9.78 Å². The molecule has 0 aliphatic heterocycles. The minimum absolute atomic E-state index is 0.227. The van der Waals surface area contributed by atoms with Gasteiger partial charge in [0.05, 0.1) is 18.1 Å². The van der Waals surface area contributed by atoms with Crippen LogP contribution in [0.2, 0.25) is 0 Å². The number of amides is 1. The van der Waals surface area contributed by atoms with Gasteiger partial charge in [0.1, 0.15) is 17.8 Å². The Kier molecular flexibility index (Phi) is 4.99. The summed E-state index contributed by atoms with van der Waals surface area (Å²) in [7, 11) is 1.76. The van der Waals surface area contributed by atoms with E-state index in [9.17, 15) is 9.18 Å². The monoisotopic (exact) mass is 401 g/mol. The first-order valence-corrected chi connectivity index (χ1v) is 8.04. The number of nitrogens with one attached hydrogen (secondary N) is 1. The number of carbonyl (C=O) groups is 1. The van der Waals surface area contributed by atoms with E-state index in [0.717, 1.165) is 4.47 Å². The smallest absolute Gasteiger partial charge is 0.274 e. The molecule has 0 aliphatic carbocycles. The van der Waals surface area contributed by atoms with Crippen molar-refractivity contribution in [3.63, 3.8) is 0 Å². The molecule has 0 fully saturated rings. The van der Waals surface area contributed by atoms with Crippen molar-refractivity contribution in [2.24, 2.45) is 0 Å². The molecule has 0 unspecified atom stereocenters. The molecule has 2 aromatic heterocycles. The molecule has 0 atom stereocenters. The zero-order valence-corrected chi connectivity index (χ0v) is 14.7. The predicted molar refractivity (Wildman–Crippen MR) is 96.4 cm³/mol. The SMILES string of the molecule is CN(c1cncnc1)c1cc(F)cc(NC(=O)c2cc(Br)ccn2)c1. The largest absolute Gasteiger partial charge is 0.342 e. The van der Waals surface area contributed by atoms with E-state index in [1.165, 1.54) is 24.7 Å². The first-order valence-electron chi connectivity index (χ1n) is 7.25. The average molecular weight is 402 g/mol. The second-order valence-corrected chi connectivity index (χ2v) is 6.08. The van der Waals surface area contributed by atoms with Gasteiger partial charge in [-0.1, -0.05) is 15.9 Å². The van der Waals surface area contributed by atoms with Gasteiger partial charge in [-0.25, -0.2) is 14.4 Å². The Hall–Kier alpha value is -2.87. The van der Waals surface area contributed by atoms with E-state index in [1.807, 2.05) is 0 Å². The van der Waals surface area contributed by atoms with Crippen LogP contribution in [0.4, 0.5) is 21.5 Å². The van der Waals surface area contributed by atoms with E-state index < -0.39 is 11.7 Å². The number of hydrogen-bond acceptors (Lipinski definition) is 5. The van der Waals surface area contributed by atoms with Crippen molar-refractivity contribution in [3.8, 4) is 0 Å². The van der Waals surface area contributed by atoms with Crippen molar-refractivity contribution in [2.45, 2.75) is 0 Å². The van der Waals surface area contributed by atoms with Crippen LogP contribution >= 0.6 is 15.9 Å². The van der Waals surface area contributed by atoms with E-state index in [2.05, 4.69) is 36.2 Å². The molecular weight excluding hydrogens is 389 g/mol. The van der Waals surface area contributed by atoms with E-state index >= 15 is 0 Å². The normalized spacial score (nSPS) is 10.4. The minimum Gasteiger partial charge on any atom is -0.342 e. The van der Waals surface area contributed by atoms with Crippen LogP contribution in [0.15, 0.2) is 59.7 Å². The molecule has 3 rings (SSSR count). The minimum atomic E-state index is -0.473. The molecule has 0 spiro atoms. The molecule has 0 saturated carbocycles. The summed E-state index contributed by atoms with van der Waals surface area (Å²) in [4.78, 5) is 25.9. The fraction of sp³-hybridized carbons (Fsp3) is 0.0588. The highest BCUT2D eigenvalue weighted by atomic mass is 79.9. The van der Waals surface area contributed by atoms with Crippen LogP contribution in [0.25, 0.3) is 0 Å². The molecule has 0 bridgehead atoms. The quantitative estimate of drug-likeness (QED) is 0.719. The lowest BCUT2D eigenvalue weighted by atomic mass is 10.2. The van der Waals surface area contributed by atoms with Crippen molar-refractivity contribution in [3.05, 3.63) is 71.2 Å². The third kappa shape index (κ3) is 4.16. The van der Waals surface area contributed by atoms with Gasteiger partial charge < -0.3 is 10.2 Å². The first kappa shape index (κ1) is 17.0. The van der Waals surface area contributed by atoms with Gasteiger partial charge in [0.2, 0.25) is 0 Å². The van der Waals surface area contributed by atoms with Crippen molar-refractivity contribution in [1.82, 2.24) is 15.0 Å². The van der Waals surface area contributed by atoms with Gasteiger partial charge in [0.15, 0.2) is 0 Å². The molecule has 2 heterocycles. The average Bonchev–Trinajstić information content (AvgIpc) is 2.61. The zero-order valence-electron chi connectivity index (χ0n) is 13.1. The Labute approximate surface area is 151 Å². The molecule has 1 N–H and O–H groups in total. The highest BCUT2D eigenvalue weighted by Gasteiger charge is 2.12. The van der Waals surface area contributed by atoms with Crippen LogP contribution in [0.1, 0.15) is 10.5 Å². The van der Waals surface area contributed by atoms with Crippen LogP contribution in [0.5, 0.6) is 0 Å². The molecule has 1 aromatic carbocycles. The Morgan fingerprint density at radius 2 is 1.92 bits per heavy atom. The number of benzene rings is 1. The van der Waals surface area contributed by atoms with Crippen molar-refractivity contribution in [2.75, 3.05) is 17.3 Å². The third-order valence-corrected chi connectivity index (χ3v) is 3.91. The number of carbonyl (C=O) groups excluding carboxylic acids is 1. The zero-order chi connectivity index (χ0) is 17.8.